The molecule has 0 saturated carbocycles. The van der Waals surface area contributed by atoms with E-state index in [0.717, 1.165) is 0 Å². The van der Waals surface area contributed by atoms with E-state index in [2.05, 4.69) is 15.3 Å². The van der Waals surface area contributed by atoms with E-state index in [1.54, 1.807) is 25.1 Å². The molecular weight excluding hydrogens is 261 g/mol. The lowest BCUT2D eigenvalue weighted by atomic mass is 10.1. The van der Waals surface area contributed by atoms with Crippen molar-refractivity contribution < 1.29 is 13.9 Å². The standard InChI is InChI=1S/C14H14FN3O2/c1-9-6-13(20-2)18-14(16-9)17-12(19)8-10-4-3-5-11(15)7-10/h3-7H,8H2,1-2H3,(H,16,17,18,19). The lowest BCUT2D eigenvalue weighted by Gasteiger charge is -2.06. The summed E-state index contributed by atoms with van der Waals surface area (Å²) in [5.74, 6) is -0.145. The number of hydrogen-bond acceptors (Lipinski definition) is 4. The van der Waals surface area contributed by atoms with Gasteiger partial charge < -0.3 is 4.74 Å². The van der Waals surface area contributed by atoms with Crippen LogP contribution >= 0.6 is 0 Å². The molecule has 0 aliphatic carbocycles. The number of aromatic nitrogens is 2. The van der Waals surface area contributed by atoms with Crippen LogP contribution in [-0.4, -0.2) is 23.0 Å². The van der Waals surface area contributed by atoms with Crippen LogP contribution in [0.1, 0.15) is 11.3 Å². The van der Waals surface area contributed by atoms with Gasteiger partial charge in [-0.05, 0) is 24.6 Å². The van der Waals surface area contributed by atoms with E-state index in [4.69, 9.17) is 4.74 Å². The summed E-state index contributed by atoms with van der Waals surface area (Å²) < 4.78 is 18.0. The van der Waals surface area contributed by atoms with Crippen LogP contribution in [0.4, 0.5) is 10.3 Å². The third-order valence-corrected chi connectivity index (χ3v) is 2.54. The first-order valence-corrected chi connectivity index (χ1v) is 6.01. The van der Waals surface area contributed by atoms with Crippen LogP contribution in [0.2, 0.25) is 0 Å². The maximum absolute atomic E-state index is 13.0. The monoisotopic (exact) mass is 275 g/mol. The van der Waals surface area contributed by atoms with Gasteiger partial charge in [-0.15, -0.1) is 0 Å². The number of benzene rings is 1. The van der Waals surface area contributed by atoms with Crippen LogP contribution < -0.4 is 10.1 Å². The summed E-state index contributed by atoms with van der Waals surface area (Å²) in [6.45, 7) is 1.77. The van der Waals surface area contributed by atoms with Gasteiger partial charge >= 0.3 is 0 Å². The average Bonchev–Trinajstić information content (AvgIpc) is 2.37. The summed E-state index contributed by atoms with van der Waals surface area (Å²) in [6, 6.07) is 7.54. The number of halogens is 1. The zero-order valence-electron chi connectivity index (χ0n) is 11.2. The second-order valence-corrected chi connectivity index (χ2v) is 4.23. The number of carbonyl (C=O) groups is 1. The molecule has 0 saturated heterocycles. The number of methoxy groups -OCH3 is 1. The van der Waals surface area contributed by atoms with Crippen LogP contribution in [0.3, 0.4) is 0 Å². The van der Waals surface area contributed by atoms with Crippen LogP contribution in [0.5, 0.6) is 5.88 Å². The van der Waals surface area contributed by atoms with E-state index in [-0.39, 0.29) is 24.1 Å². The average molecular weight is 275 g/mol. The predicted molar refractivity (Wildman–Crippen MR) is 72.1 cm³/mol. The quantitative estimate of drug-likeness (QED) is 0.928. The number of ether oxygens (including phenoxy) is 1. The van der Waals surface area contributed by atoms with Crippen LogP contribution in [0.25, 0.3) is 0 Å². The van der Waals surface area contributed by atoms with Crippen molar-refractivity contribution in [2.45, 2.75) is 13.3 Å². The Morgan fingerprint density at radius 3 is 2.85 bits per heavy atom. The first-order chi connectivity index (χ1) is 9.56. The highest BCUT2D eigenvalue weighted by Crippen LogP contribution is 2.12. The molecule has 5 nitrogen and oxygen atoms in total. The van der Waals surface area contributed by atoms with Crippen molar-refractivity contribution in [1.82, 2.24) is 9.97 Å². The molecule has 0 radical (unpaired) electrons. The van der Waals surface area contributed by atoms with Crippen LogP contribution in [0.15, 0.2) is 30.3 Å². The summed E-state index contributed by atoms with van der Waals surface area (Å²) in [6.07, 6.45) is 0.0530. The number of aryl methyl sites for hydroxylation is 1. The fourth-order valence-electron chi connectivity index (χ4n) is 1.70. The molecule has 0 aliphatic heterocycles. The molecule has 0 atom stereocenters. The minimum Gasteiger partial charge on any atom is -0.481 e. The minimum absolute atomic E-state index is 0.0530. The zero-order chi connectivity index (χ0) is 14.5. The summed E-state index contributed by atoms with van der Waals surface area (Å²) in [4.78, 5) is 19.9. The normalized spacial score (nSPS) is 10.2. The Morgan fingerprint density at radius 2 is 2.15 bits per heavy atom. The molecule has 0 aliphatic rings. The number of carbonyl (C=O) groups excluding carboxylic acids is 1. The van der Waals surface area contributed by atoms with E-state index in [1.807, 2.05) is 0 Å². The largest absolute Gasteiger partial charge is 0.481 e. The Morgan fingerprint density at radius 1 is 1.35 bits per heavy atom. The van der Waals surface area contributed by atoms with Crippen molar-refractivity contribution in [1.29, 1.82) is 0 Å². The smallest absolute Gasteiger partial charge is 0.232 e. The topological polar surface area (TPSA) is 64.1 Å². The minimum atomic E-state index is -0.372. The molecule has 0 fully saturated rings. The molecular formula is C14H14FN3O2. The van der Waals surface area contributed by atoms with E-state index in [9.17, 15) is 9.18 Å². The third-order valence-electron chi connectivity index (χ3n) is 2.54. The molecule has 1 aromatic carbocycles. The summed E-state index contributed by atoms with van der Waals surface area (Å²) in [7, 11) is 1.49. The second kappa shape index (κ2) is 6.10. The first-order valence-electron chi connectivity index (χ1n) is 6.01. The van der Waals surface area contributed by atoms with Gasteiger partial charge in [-0.25, -0.2) is 9.37 Å². The molecule has 2 aromatic rings. The summed E-state index contributed by atoms with van der Waals surface area (Å²) >= 11 is 0. The Balaban J connectivity index is 2.06. The van der Waals surface area contributed by atoms with Crippen molar-refractivity contribution in [2.75, 3.05) is 12.4 Å². The Labute approximate surface area is 115 Å². The number of nitrogens with one attached hydrogen (secondary N) is 1. The van der Waals surface area contributed by atoms with E-state index < -0.39 is 0 Å². The van der Waals surface area contributed by atoms with Crippen molar-refractivity contribution in [3.63, 3.8) is 0 Å². The van der Waals surface area contributed by atoms with E-state index in [0.29, 0.717) is 17.1 Å². The number of nitrogens with zero attached hydrogens (tertiary/aromatic N) is 2. The van der Waals surface area contributed by atoms with E-state index in [1.165, 1.54) is 19.2 Å². The lowest BCUT2D eigenvalue weighted by Crippen LogP contribution is -2.17. The van der Waals surface area contributed by atoms with Crippen molar-refractivity contribution in [3.8, 4) is 5.88 Å². The van der Waals surface area contributed by atoms with E-state index >= 15 is 0 Å². The van der Waals surface area contributed by atoms with Crippen molar-refractivity contribution in [3.05, 3.63) is 47.4 Å². The molecule has 0 bridgehead atoms. The van der Waals surface area contributed by atoms with Gasteiger partial charge in [-0.3, -0.25) is 10.1 Å². The molecule has 0 spiro atoms. The van der Waals surface area contributed by atoms with Gasteiger partial charge in [0.2, 0.25) is 17.7 Å². The highest BCUT2D eigenvalue weighted by Gasteiger charge is 2.08. The molecule has 20 heavy (non-hydrogen) atoms. The third kappa shape index (κ3) is 3.74. The zero-order valence-corrected chi connectivity index (χ0v) is 11.2. The van der Waals surface area contributed by atoms with Gasteiger partial charge in [-0.1, -0.05) is 12.1 Å². The Bertz CT molecular complexity index is 632. The Hall–Kier alpha value is -2.50. The first kappa shape index (κ1) is 13.9. The van der Waals surface area contributed by atoms with Gasteiger partial charge in [0.25, 0.3) is 0 Å². The maximum Gasteiger partial charge on any atom is 0.232 e. The summed E-state index contributed by atoms with van der Waals surface area (Å²) in [5, 5.41) is 2.56. The van der Waals surface area contributed by atoms with Crippen LogP contribution in [-0.2, 0) is 11.2 Å². The van der Waals surface area contributed by atoms with Crippen molar-refractivity contribution >= 4 is 11.9 Å². The Kier molecular flexibility index (Phi) is 4.24. The van der Waals surface area contributed by atoms with Gasteiger partial charge in [-0.2, -0.15) is 4.98 Å². The predicted octanol–water partition coefficient (Wildman–Crippen LogP) is 2.11. The number of hydrogen-bond donors (Lipinski definition) is 1. The molecule has 0 unspecified atom stereocenters. The molecule has 1 heterocycles. The highest BCUT2D eigenvalue weighted by atomic mass is 19.1. The van der Waals surface area contributed by atoms with Crippen LogP contribution in [0, 0.1) is 12.7 Å². The van der Waals surface area contributed by atoms with Gasteiger partial charge in [0.05, 0.1) is 13.5 Å². The molecule has 1 aromatic heterocycles. The molecule has 1 N–H and O–H groups in total. The molecule has 6 heteroatoms. The fraction of sp³-hybridized carbons (Fsp3) is 0.214. The number of amides is 1. The molecule has 104 valence electrons. The molecule has 1 amide bonds. The second-order valence-electron chi connectivity index (χ2n) is 4.23. The number of rotatable bonds is 4. The lowest BCUT2D eigenvalue weighted by molar-refractivity contribution is -0.115. The van der Waals surface area contributed by atoms with Crippen molar-refractivity contribution in [2.24, 2.45) is 0 Å². The van der Waals surface area contributed by atoms with Gasteiger partial charge in [0, 0.05) is 11.8 Å². The van der Waals surface area contributed by atoms with Gasteiger partial charge in [0.15, 0.2) is 0 Å². The highest BCUT2D eigenvalue weighted by molar-refractivity contribution is 5.90. The summed E-state index contributed by atoms with van der Waals surface area (Å²) in [5.41, 5.74) is 1.26. The number of anilines is 1. The molecule has 2 rings (SSSR count). The maximum atomic E-state index is 13.0. The van der Waals surface area contributed by atoms with Gasteiger partial charge in [0.1, 0.15) is 5.82 Å². The SMILES string of the molecule is COc1cc(C)nc(NC(=O)Cc2cccc(F)c2)n1. The fourth-order valence-corrected chi connectivity index (χ4v) is 1.70.